The standard InChI is InChI=1S/C27H33N7O.H2/c1-31-6-3-20(4-7-31)26(35)24-17-30-34-8-5-21(14-25(24)34)23-16-29-27-22(23)13-19(15-28-27)18-33-11-9-32(2)10-12-33;/h5,8,13-17,20H,3-4,6-7,9-12,18H2,1-2H3,(H,28,29);1H. The van der Waals surface area contributed by atoms with Gasteiger partial charge in [-0.05, 0) is 69.4 Å². The van der Waals surface area contributed by atoms with Gasteiger partial charge in [-0.3, -0.25) is 9.69 Å². The molecule has 2 aliphatic heterocycles. The van der Waals surface area contributed by atoms with Crippen LogP contribution < -0.4 is 0 Å². The second-order valence-electron chi connectivity index (χ2n) is 10.3. The van der Waals surface area contributed by atoms with Crippen LogP contribution in [0.25, 0.3) is 27.7 Å². The zero-order valence-electron chi connectivity index (χ0n) is 20.6. The van der Waals surface area contributed by atoms with Crippen molar-refractivity contribution in [1.82, 2.24) is 34.3 Å². The number of piperidine rings is 1. The van der Waals surface area contributed by atoms with Gasteiger partial charge in [-0.2, -0.15) is 5.10 Å². The Morgan fingerprint density at radius 3 is 2.63 bits per heavy atom. The van der Waals surface area contributed by atoms with E-state index in [4.69, 9.17) is 4.98 Å². The minimum atomic E-state index is 0. The molecule has 0 amide bonds. The number of nitrogens with zero attached hydrogens (tertiary/aromatic N) is 6. The lowest BCUT2D eigenvalue weighted by molar-refractivity contribution is 0.0858. The predicted molar refractivity (Wildman–Crippen MR) is 140 cm³/mol. The SMILES string of the molecule is CN1CCC(C(=O)c2cnn3ccc(-c4c[nH]c5ncc(CN6CCN(C)CC6)cc45)cc23)CC1.[HH]. The van der Waals surface area contributed by atoms with Gasteiger partial charge in [0, 0.05) is 69.6 Å². The van der Waals surface area contributed by atoms with E-state index in [0.717, 1.165) is 91.9 Å². The number of carbonyl (C=O) groups is 1. The molecule has 2 saturated heterocycles. The van der Waals surface area contributed by atoms with Crippen molar-refractivity contribution < 1.29 is 6.22 Å². The lowest BCUT2D eigenvalue weighted by Crippen LogP contribution is -2.43. The van der Waals surface area contributed by atoms with Gasteiger partial charge < -0.3 is 14.8 Å². The molecule has 0 bridgehead atoms. The molecule has 35 heavy (non-hydrogen) atoms. The number of hydrogen-bond donors (Lipinski definition) is 1. The molecule has 8 nitrogen and oxygen atoms in total. The summed E-state index contributed by atoms with van der Waals surface area (Å²) in [7, 11) is 4.30. The van der Waals surface area contributed by atoms with Crippen molar-refractivity contribution >= 4 is 22.3 Å². The zero-order valence-corrected chi connectivity index (χ0v) is 20.6. The van der Waals surface area contributed by atoms with Crippen LogP contribution in [0.5, 0.6) is 0 Å². The molecule has 2 aliphatic rings. The Morgan fingerprint density at radius 1 is 1.06 bits per heavy atom. The summed E-state index contributed by atoms with van der Waals surface area (Å²) >= 11 is 0. The minimum absolute atomic E-state index is 0. The van der Waals surface area contributed by atoms with Crippen LogP contribution in [-0.4, -0.2) is 93.4 Å². The largest absolute Gasteiger partial charge is 0.346 e. The Morgan fingerprint density at radius 2 is 1.83 bits per heavy atom. The number of rotatable bonds is 5. The number of nitrogens with one attached hydrogen (secondary N) is 1. The molecule has 2 fully saturated rings. The van der Waals surface area contributed by atoms with Gasteiger partial charge in [0.1, 0.15) is 5.65 Å². The van der Waals surface area contributed by atoms with Crippen molar-refractivity contribution in [2.24, 2.45) is 5.92 Å². The molecule has 4 aromatic rings. The summed E-state index contributed by atoms with van der Waals surface area (Å²) in [5.41, 5.74) is 5.90. The van der Waals surface area contributed by atoms with Gasteiger partial charge in [-0.15, -0.1) is 0 Å². The van der Waals surface area contributed by atoms with Crippen LogP contribution in [0.15, 0.2) is 43.0 Å². The first-order valence-corrected chi connectivity index (χ1v) is 12.6. The molecule has 0 spiro atoms. The van der Waals surface area contributed by atoms with E-state index in [1.165, 1.54) is 5.56 Å². The fourth-order valence-corrected chi connectivity index (χ4v) is 5.46. The Balaban J connectivity index is 0.00000267. The summed E-state index contributed by atoms with van der Waals surface area (Å²) in [4.78, 5) is 28.6. The van der Waals surface area contributed by atoms with Crippen LogP contribution in [0.1, 0.15) is 30.2 Å². The third-order valence-electron chi connectivity index (χ3n) is 7.78. The molecule has 0 aliphatic carbocycles. The number of ketones is 1. The van der Waals surface area contributed by atoms with Gasteiger partial charge in [-0.1, -0.05) is 0 Å². The number of pyridine rings is 2. The van der Waals surface area contributed by atoms with E-state index in [1.807, 2.05) is 23.1 Å². The average Bonchev–Trinajstić information content (AvgIpc) is 3.49. The molecule has 1 N–H and O–H groups in total. The topological polar surface area (TPSA) is 72.8 Å². The first-order chi connectivity index (χ1) is 17.0. The molecule has 0 atom stereocenters. The molecule has 0 unspecified atom stereocenters. The van der Waals surface area contributed by atoms with Gasteiger partial charge in [0.15, 0.2) is 5.78 Å². The summed E-state index contributed by atoms with van der Waals surface area (Å²) in [6.45, 7) is 7.24. The van der Waals surface area contributed by atoms with Crippen LogP contribution in [0.2, 0.25) is 0 Å². The lowest BCUT2D eigenvalue weighted by atomic mass is 9.89. The minimum Gasteiger partial charge on any atom is -0.346 e. The number of H-pyrrole nitrogens is 1. The normalized spacial score (nSPS) is 19.1. The smallest absolute Gasteiger partial charge is 0.169 e. The van der Waals surface area contributed by atoms with Crippen LogP contribution >= 0.6 is 0 Å². The number of likely N-dealkylation sites (N-methyl/N-ethyl adjacent to an activating group) is 1. The third kappa shape index (κ3) is 4.37. The maximum absolute atomic E-state index is 13.4. The van der Waals surface area contributed by atoms with Crippen LogP contribution in [0.4, 0.5) is 0 Å². The highest BCUT2D eigenvalue weighted by Crippen LogP contribution is 2.31. The van der Waals surface area contributed by atoms with E-state index in [-0.39, 0.29) is 13.1 Å². The van der Waals surface area contributed by atoms with Gasteiger partial charge in [0.05, 0.1) is 17.3 Å². The molecule has 6 heterocycles. The highest BCUT2D eigenvalue weighted by molar-refractivity contribution is 6.04. The molecule has 0 saturated carbocycles. The molecule has 4 aromatic heterocycles. The summed E-state index contributed by atoms with van der Waals surface area (Å²) in [5, 5.41) is 5.59. The van der Waals surface area contributed by atoms with Crippen molar-refractivity contribution in [3.63, 3.8) is 0 Å². The molecular weight excluding hydrogens is 438 g/mol. The number of likely N-dealkylation sites (tertiary alicyclic amines) is 1. The van der Waals surface area contributed by atoms with Crippen LogP contribution in [-0.2, 0) is 6.54 Å². The number of piperazine rings is 1. The molecule has 8 heteroatoms. The molecular formula is C27H35N7O. The summed E-state index contributed by atoms with van der Waals surface area (Å²) in [6, 6.07) is 6.43. The van der Waals surface area contributed by atoms with Crippen molar-refractivity contribution in [3.05, 3.63) is 54.1 Å². The highest BCUT2D eigenvalue weighted by Gasteiger charge is 2.26. The predicted octanol–water partition coefficient (Wildman–Crippen LogP) is 3.40. The maximum atomic E-state index is 13.4. The second-order valence-corrected chi connectivity index (χ2v) is 10.3. The van der Waals surface area contributed by atoms with E-state index in [2.05, 4.69) is 57.1 Å². The Labute approximate surface area is 207 Å². The molecule has 184 valence electrons. The van der Waals surface area contributed by atoms with E-state index in [1.54, 1.807) is 6.20 Å². The molecule has 0 aromatic carbocycles. The average molecular weight is 474 g/mol. The fraction of sp³-hybridized carbons (Fsp3) is 0.444. The highest BCUT2D eigenvalue weighted by atomic mass is 16.1. The van der Waals surface area contributed by atoms with Gasteiger partial charge >= 0.3 is 0 Å². The van der Waals surface area contributed by atoms with Gasteiger partial charge in [0.2, 0.25) is 0 Å². The Hall–Kier alpha value is -3.07. The first-order valence-electron chi connectivity index (χ1n) is 12.6. The van der Waals surface area contributed by atoms with Crippen molar-refractivity contribution in [2.75, 3.05) is 53.4 Å². The zero-order chi connectivity index (χ0) is 23.9. The number of carbonyl (C=O) groups excluding carboxylic acids is 1. The quantitative estimate of drug-likeness (QED) is 0.448. The molecule has 6 rings (SSSR count). The van der Waals surface area contributed by atoms with Crippen molar-refractivity contribution in [1.29, 1.82) is 0 Å². The number of Topliss-reactive ketones (excluding diaryl/α,β-unsaturated/α-hetero) is 1. The monoisotopic (exact) mass is 473 g/mol. The second kappa shape index (κ2) is 9.18. The number of hydrogen-bond acceptors (Lipinski definition) is 6. The molecule has 0 radical (unpaired) electrons. The number of fused-ring (bicyclic) bond motifs is 2. The fourth-order valence-electron chi connectivity index (χ4n) is 5.46. The van der Waals surface area contributed by atoms with Gasteiger partial charge in [-0.25, -0.2) is 9.50 Å². The summed E-state index contributed by atoms with van der Waals surface area (Å²) < 4.78 is 1.82. The lowest BCUT2D eigenvalue weighted by Gasteiger charge is -2.32. The third-order valence-corrected chi connectivity index (χ3v) is 7.78. The van der Waals surface area contributed by atoms with E-state index in [0.29, 0.717) is 0 Å². The number of aromatic nitrogens is 4. The Bertz CT molecular complexity index is 1360. The van der Waals surface area contributed by atoms with Crippen molar-refractivity contribution in [2.45, 2.75) is 19.4 Å². The summed E-state index contributed by atoms with van der Waals surface area (Å²) in [5.74, 6) is 0.303. The van der Waals surface area contributed by atoms with E-state index >= 15 is 0 Å². The maximum Gasteiger partial charge on any atom is 0.169 e. The summed E-state index contributed by atoms with van der Waals surface area (Å²) in [6.07, 6.45) is 9.53. The number of aromatic amines is 1. The van der Waals surface area contributed by atoms with Crippen LogP contribution in [0, 0.1) is 5.92 Å². The van der Waals surface area contributed by atoms with Crippen LogP contribution in [0.3, 0.4) is 0 Å². The van der Waals surface area contributed by atoms with Gasteiger partial charge in [0.25, 0.3) is 0 Å². The Kier molecular flexibility index (Phi) is 5.88. The first kappa shape index (κ1) is 22.4. The van der Waals surface area contributed by atoms with E-state index in [9.17, 15) is 4.79 Å². The van der Waals surface area contributed by atoms with Crippen molar-refractivity contribution in [3.8, 4) is 11.1 Å². The van der Waals surface area contributed by atoms with E-state index < -0.39 is 0 Å².